The third kappa shape index (κ3) is 4.18. The molecule has 0 unspecified atom stereocenters. The van der Waals surface area contributed by atoms with E-state index in [1.165, 1.54) is 12.1 Å². The van der Waals surface area contributed by atoms with Crippen LogP contribution in [0.3, 0.4) is 0 Å². The van der Waals surface area contributed by atoms with Crippen LogP contribution in [0.4, 0.5) is 0 Å². The van der Waals surface area contributed by atoms with Crippen molar-refractivity contribution < 1.29 is 24.5 Å². The van der Waals surface area contributed by atoms with Gasteiger partial charge in [-0.05, 0) is 44.5 Å². The molecule has 0 aliphatic rings. The Labute approximate surface area is 105 Å². The van der Waals surface area contributed by atoms with E-state index in [-0.39, 0.29) is 23.3 Å². The summed E-state index contributed by atoms with van der Waals surface area (Å²) in [6.45, 7) is 5.77. The van der Waals surface area contributed by atoms with Crippen LogP contribution < -0.4 is 0 Å². The number of carbonyl (C=O) groups is 2. The fraction of sp³-hybridized carbons (Fsp3) is 0.385. The van der Waals surface area contributed by atoms with Gasteiger partial charge >= 0.3 is 11.9 Å². The van der Waals surface area contributed by atoms with Crippen molar-refractivity contribution in [2.45, 2.75) is 33.0 Å². The van der Waals surface area contributed by atoms with Gasteiger partial charge in [-0.25, -0.2) is 9.59 Å². The quantitative estimate of drug-likeness (QED) is 0.859. The van der Waals surface area contributed by atoms with Crippen LogP contribution >= 0.6 is 0 Å². The first-order valence-electron chi connectivity index (χ1n) is 5.43. The molecule has 5 heteroatoms. The van der Waals surface area contributed by atoms with Gasteiger partial charge in [0.1, 0.15) is 0 Å². The summed E-state index contributed by atoms with van der Waals surface area (Å²) in [7, 11) is 0. The van der Waals surface area contributed by atoms with Crippen LogP contribution in [0, 0.1) is 0 Å². The van der Waals surface area contributed by atoms with Gasteiger partial charge in [0.25, 0.3) is 0 Å². The highest BCUT2D eigenvalue weighted by atomic mass is 16.5. The Morgan fingerprint density at radius 2 is 1.50 bits per heavy atom. The average molecular weight is 252 g/mol. The molecule has 0 fully saturated rings. The van der Waals surface area contributed by atoms with Crippen LogP contribution in [0.1, 0.15) is 47.1 Å². The van der Waals surface area contributed by atoms with E-state index in [1.807, 2.05) is 20.8 Å². The van der Waals surface area contributed by atoms with Crippen molar-refractivity contribution in [3.63, 3.8) is 0 Å². The highest BCUT2D eigenvalue weighted by molar-refractivity contribution is 5.94. The van der Waals surface area contributed by atoms with Gasteiger partial charge in [0.15, 0.2) is 0 Å². The lowest BCUT2D eigenvalue weighted by Gasteiger charge is -2.19. The predicted octanol–water partition coefficient (Wildman–Crippen LogP) is 2.40. The van der Waals surface area contributed by atoms with Crippen molar-refractivity contribution in [3.8, 4) is 0 Å². The van der Waals surface area contributed by atoms with Crippen molar-refractivity contribution in [2.24, 2.45) is 0 Å². The van der Waals surface area contributed by atoms with E-state index in [0.29, 0.717) is 5.56 Å². The molecule has 0 saturated heterocycles. The molecule has 0 saturated carbocycles. The molecule has 5 nitrogen and oxygen atoms in total. The number of aromatic carboxylic acids is 2. The lowest BCUT2D eigenvalue weighted by Crippen LogP contribution is -2.19. The average Bonchev–Trinajstić information content (AvgIpc) is 2.25. The third-order valence-electron chi connectivity index (χ3n) is 2.16. The summed E-state index contributed by atoms with van der Waals surface area (Å²) in [5.74, 6) is -2.31. The first-order valence-corrected chi connectivity index (χ1v) is 5.43. The van der Waals surface area contributed by atoms with Crippen LogP contribution in [-0.4, -0.2) is 27.8 Å². The van der Waals surface area contributed by atoms with Crippen molar-refractivity contribution >= 4 is 11.9 Å². The molecule has 0 heterocycles. The Bertz CT molecular complexity index is 439. The second-order valence-corrected chi connectivity index (χ2v) is 4.93. The molecule has 0 amide bonds. The second-order valence-electron chi connectivity index (χ2n) is 4.93. The van der Waals surface area contributed by atoms with Crippen molar-refractivity contribution in [1.29, 1.82) is 0 Å². The van der Waals surface area contributed by atoms with E-state index in [4.69, 9.17) is 14.9 Å². The molecule has 0 aliphatic carbocycles. The van der Waals surface area contributed by atoms with Gasteiger partial charge in [0.05, 0.1) is 23.3 Å². The number of ether oxygens (including phenoxy) is 1. The number of rotatable bonds is 4. The summed E-state index contributed by atoms with van der Waals surface area (Å²) in [5, 5.41) is 17.8. The minimum atomic E-state index is -1.16. The highest BCUT2D eigenvalue weighted by Crippen LogP contribution is 2.15. The Morgan fingerprint density at radius 1 is 1.06 bits per heavy atom. The lowest BCUT2D eigenvalue weighted by atomic mass is 10.1. The normalized spacial score (nSPS) is 11.3. The Kier molecular flexibility index (Phi) is 4.08. The number of carboxylic acids is 2. The van der Waals surface area contributed by atoms with Crippen molar-refractivity contribution in [3.05, 3.63) is 34.9 Å². The molecule has 0 spiro atoms. The molecule has 0 radical (unpaired) electrons. The SMILES string of the molecule is CC(C)(C)OCc1cc(C(=O)O)cc(C(=O)O)c1. The van der Waals surface area contributed by atoms with E-state index >= 15 is 0 Å². The summed E-state index contributed by atoms with van der Waals surface area (Å²) in [5.41, 5.74) is 0.0508. The molecule has 0 aromatic heterocycles. The summed E-state index contributed by atoms with van der Waals surface area (Å²) in [4.78, 5) is 21.8. The minimum absolute atomic E-state index is 0.0533. The molecule has 0 atom stereocenters. The zero-order valence-corrected chi connectivity index (χ0v) is 10.6. The van der Waals surface area contributed by atoms with Crippen LogP contribution in [0.5, 0.6) is 0 Å². The summed E-state index contributed by atoms with van der Waals surface area (Å²) < 4.78 is 5.50. The minimum Gasteiger partial charge on any atom is -0.478 e. The Hall–Kier alpha value is -1.88. The van der Waals surface area contributed by atoms with Gasteiger partial charge in [-0.2, -0.15) is 0 Å². The molecular weight excluding hydrogens is 236 g/mol. The van der Waals surface area contributed by atoms with E-state index in [0.717, 1.165) is 6.07 Å². The van der Waals surface area contributed by atoms with Crippen LogP contribution in [0.25, 0.3) is 0 Å². The highest BCUT2D eigenvalue weighted by Gasteiger charge is 2.14. The molecule has 2 N–H and O–H groups in total. The lowest BCUT2D eigenvalue weighted by molar-refractivity contribution is -0.0149. The van der Waals surface area contributed by atoms with E-state index in [2.05, 4.69) is 0 Å². The standard InChI is InChI=1S/C13H16O5/c1-13(2,3)18-7-8-4-9(11(14)15)6-10(5-8)12(16)17/h4-6H,7H2,1-3H3,(H,14,15)(H,16,17). The van der Waals surface area contributed by atoms with Gasteiger partial charge in [-0.15, -0.1) is 0 Å². The molecule has 98 valence electrons. The summed E-state index contributed by atoms with van der Waals surface area (Å²) >= 11 is 0. The first kappa shape index (κ1) is 14.2. The van der Waals surface area contributed by atoms with Crippen molar-refractivity contribution in [2.75, 3.05) is 0 Å². The van der Waals surface area contributed by atoms with Crippen LogP contribution in [-0.2, 0) is 11.3 Å². The largest absolute Gasteiger partial charge is 0.478 e. The van der Waals surface area contributed by atoms with E-state index in [9.17, 15) is 9.59 Å². The Morgan fingerprint density at radius 3 is 1.83 bits per heavy atom. The fourth-order valence-electron chi connectivity index (χ4n) is 1.32. The van der Waals surface area contributed by atoms with Gasteiger partial charge in [0, 0.05) is 0 Å². The maximum absolute atomic E-state index is 10.9. The monoisotopic (exact) mass is 252 g/mol. The smallest absolute Gasteiger partial charge is 0.335 e. The summed E-state index contributed by atoms with van der Waals surface area (Å²) in [6.07, 6.45) is 0. The molecule has 1 aromatic carbocycles. The van der Waals surface area contributed by atoms with Gasteiger partial charge in [-0.3, -0.25) is 0 Å². The van der Waals surface area contributed by atoms with Crippen molar-refractivity contribution in [1.82, 2.24) is 0 Å². The Balaban J connectivity index is 3.04. The second kappa shape index (κ2) is 5.18. The number of hydrogen-bond acceptors (Lipinski definition) is 3. The topological polar surface area (TPSA) is 83.8 Å². The van der Waals surface area contributed by atoms with Crippen LogP contribution in [0.2, 0.25) is 0 Å². The summed E-state index contributed by atoms with van der Waals surface area (Å²) in [6, 6.07) is 3.96. The fourth-order valence-corrected chi connectivity index (χ4v) is 1.32. The molecular formula is C13H16O5. The molecule has 1 aromatic rings. The molecule has 0 bridgehead atoms. The molecule has 1 rings (SSSR count). The van der Waals surface area contributed by atoms with Crippen LogP contribution in [0.15, 0.2) is 18.2 Å². The maximum Gasteiger partial charge on any atom is 0.335 e. The zero-order chi connectivity index (χ0) is 13.9. The first-order chi connectivity index (χ1) is 8.19. The maximum atomic E-state index is 10.9. The van der Waals surface area contributed by atoms with E-state index < -0.39 is 11.9 Å². The number of benzene rings is 1. The zero-order valence-electron chi connectivity index (χ0n) is 10.6. The van der Waals surface area contributed by atoms with Gasteiger partial charge in [0.2, 0.25) is 0 Å². The predicted molar refractivity (Wildman–Crippen MR) is 64.9 cm³/mol. The molecule has 18 heavy (non-hydrogen) atoms. The third-order valence-corrected chi connectivity index (χ3v) is 2.16. The number of carboxylic acid groups (broad SMARTS) is 2. The van der Waals surface area contributed by atoms with Gasteiger partial charge < -0.3 is 14.9 Å². The number of hydrogen-bond donors (Lipinski definition) is 2. The van der Waals surface area contributed by atoms with E-state index in [1.54, 1.807) is 0 Å². The molecule has 0 aliphatic heterocycles. The van der Waals surface area contributed by atoms with Gasteiger partial charge in [-0.1, -0.05) is 0 Å².